The summed E-state index contributed by atoms with van der Waals surface area (Å²) in [5, 5.41) is 7.32. The first kappa shape index (κ1) is 21.3. The van der Waals surface area contributed by atoms with Gasteiger partial charge in [0.05, 0.1) is 23.1 Å². The third-order valence-corrected chi connectivity index (χ3v) is 5.24. The molecule has 3 rings (SSSR count). The molecule has 1 N–H and O–H groups in total. The zero-order valence-corrected chi connectivity index (χ0v) is 18.0. The molecule has 6 heteroatoms. The Bertz CT molecular complexity index is 1070. The number of benzene rings is 2. The fourth-order valence-corrected chi connectivity index (χ4v) is 3.36. The van der Waals surface area contributed by atoms with E-state index in [4.69, 9.17) is 4.74 Å². The van der Waals surface area contributed by atoms with Gasteiger partial charge in [0.25, 0.3) is 5.91 Å². The lowest BCUT2D eigenvalue weighted by molar-refractivity contribution is -0.124. The van der Waals surface area contributed by atoms with Crippen molar-refractivity contribution in [3.8, 4) is 5.69 Å². The van der Waals surface area contributed by atoms with Crippen molar-refractivity contribution in [2.75, 3.05) is 6.61 Å². The zero-order valence-electron chi connectivity index (χ0n) is 18.0. The largest absolute Gasteiger partial charge is 0.452 e. The maximum Gasteiger partial charge on any atom is 0.342 e. The summed E-state index contributed by atoms with van der Waals surface area (Å²) >= 11 is 0. The number of esters is 1. The first-order valence-corrected chi connectivity index (χ1v) is 9.93. The number of nitrogens with zero attached hydrogens (tertiary/aromatic N) is 2. The smallest absolute Gasteiger partial charge is 0.342 e. The molecule has 1 atom stereocenters. The van der Waals surface area contributed by atoms with E-state index in [1.807, 2.05) is 70.2 Å². The molecule has 1 amide bonds. The average Bonchev–Trinajstić information content (AvgIpc) is 3.03. The lowest BCUT2D eigenvalue weighted by Gasteiger charge is -2.16. The van der Waals surface area contributed by atoms with Gasteiger partial charge in [0, 0.05) is 0 Å². The van der Waals surface area contributed by atoms with E-state index in [0.29, 0.717) is 17.0 Å². The molecule has 1 unspecified atom stereocenters. The van der Waals surface area contributed by atoms with Crippen LogP contribution < -0.4 is 5.32 Å². The second kappa shape index (κ2) is 8.95. The summed E-state index contributed by atoms with van der Waals surface area (Å²) in [6.07, 6.45) is 0. The lowest BCUT2D eigenvalue weighted by atomic mass is 10.0. The van der Waals surface area contributed by atoms with Crippen molar-refractivity contribution >= 4 is 11.9 Å². The molecule has 2 aromatic carbocycles. The molecule has 0 bridgehead atoms. The molecule has 0 fully saturated rings. The number of carbonyl (C=O) groups excluding carboxylic acids is 2. The van der Waals surface area contributed by atoms with Crippen molar-refractivity contribution in [1.29, 1.82) is 0 Å². The summed E-state index contributed by atoms with van der Waals surface area (Å²) in [4.78, 5) is 24.9. The molecular weight excluding hydrogens is 378 g/mol. The number of carbonyl (C=O) groups is 2. The highest BCUT2D eigenvalue weighted by atomic mass is 16.5. The molecular formula is C24H27N3O3. The molecule has 1 heterocycles. The summed E-state index contributed by atoms with van der Waals surface area (Å²) in [6, 6.07) is 15.5. The number of hydrogen-bond acceptors (Lipinski definition) is 4. The molecule has 1 aromatic heterocycles. The molecule has 0 aliphatic heterocycles. The fraction of sp³-hybridized carbons (Fsp3) is 0.292. The molecule has 0 saturated heterocycles. The van der Waals surface area contributed by atoms with Crippen LogP contribution in [-0.2, 0) is 9.53 Å². The van der Waals surface area contributed by atoms with Crippen molar-refractivity contribution in [1.82, 2.24) is 15.1 Å². The quantitative estimate of drug-likeness (QED) is 0.626. The number of rotatable bonds is 6. The maximum absolute atomic E-state index is 12.6. The number of nitrogens with one attached hydrogen (secondary N) is 1. The van der Waals surface area contributed by atoms with Crippen LogP contribution in [0.15, 0.2) is 48.5 Å². The van der Waals surface area contributed by atoms with Crippen molar-refractivity contribution in [2.45, 2.75) is 40.7 Å². The fourth-order valence-electron chi connectivity index (χ4n) is 3.36. The van der Waals surface area contributed by atoms with Crippen LogP contribution in [0.1, 0.15) is 51.4 Å². The lowest BCUT2D eigenvalue weighted by Crippen LogP contribution is -2.31. The zero-order chi connectivity index (χ0) is 21.8. The van der Waals surface area contributed by atoms with E-state index >= 15 is 0 Å². The Labute approximate surface area is 176 Å². The Morgan fingerprint density at radius 1 is 1.03 bits per heavy atom. The predicted octanol–water partition coefficient (Wildman–Crippen LogP) is 4.14. The number of hydrogen-bond donors (Lipinski definition) is 1. The highest BCUT2D eigenvalue weighted by Gasteiger charge is 2.22. The average molecular weight is 405 g/mol. The Hall–Kier alpha value is -3.41. The number of aryl methyl sites for hydroxylation is 3. The normalized spacial score (nSPS) is 11.8. The van der Waals surface area contributed by atoms with Gasteiger partial charge < -0.3 is 10.1 Å². The second-order valence-electron chi connectivity index (χ2n) is 7.50. The van der Waals surface area contributed by atoms with Crippen LogP contribution in [0.3, 0.4) is 0 Å². The van der Waals surface area contributed by atoms with E-state index < -0.39 is 5.97 Å². The minimum absolute atomic E-state index is 0.181. The van der Waals surface area contributed by atoms with E-state index in [1.165, 1.54) is 11.1 Å². The molecule has 0 spiro atoms. The van der Waals surface area contributed by atoms with Crippen LogP contribution in [0, 0.1) is 27.7 Å². The first-order valence-electron chi connectivity index (χ1n) is 9.93. The summed E-state index contributed by atoms with van der Waals surface area (Å²) in [5.74, 6) is -0.902. The van der Waals surface area contributed by atoms with Crippen LogP contribution in [-0.4, -0.2) is 28.3 Å². The van der Waals surface area contributed by atoms with Gasteiger partial charge in [-0.05, 0) is 63.4 Å². The van der Waals surface area contributed by atoms with Crippen molar-refractivity contribution in [3.05, 3.63) is 82.2 Å². The van der Waals surface area contributed by atoms with Gasteiger partial charge in [-0.2, -0.15) is 5.10 Å². The molecule has 6 nitrogen and oxygen atoms in total. The summed E-state index contributed by atoms with van der Waals surface area (Å²) in [5.41, 5.74) is 5.85. The third-order valence-electron chi connectivity index (χ3n) is 5.24. The highest BCUT2D eigenvalue weighted by Crippen LogP contribution is 2.19. The summed E-state index contributed by atoms with van der Waals surface area (Å²) in [7, 11) is 0. The molecule has 0 radical (unpaired) electrons. The topological polar surface area (TPSA) is 73.2 Å². The molecule has 0 aliphatic carbocycles. The van der Waals surface area contributed by atoms with Crippen molar-refractivity contribution < 1.29 is 14.3 Å². The number of ether oxygens (including phenoxy) is 1. The van der Waals surface area contributed by atoms with E-state index in [2.05, 4.69) is 16.5 Å². The van der Waals surface area contributed by atoms with Gasteiger partial charge in [0.2, 0.25) is 0 Å². The van der Waals surface area contributed by atoms with E-state index in [0.717, 1.165) is 11.3 Å². The maximum atomic E-state index is 12.6. The summed E-state index contributed by atoms with van der Waals surface area (Å²) in [6.45, 7) is 9.21. The SMILES string of the molecule is Cc1ccc(C(C)NC(=O)COC(=O)c2c(C)nn(-c3ccccc3)c2C)cc1C. The minimum atomic E-state index is -0.554. The van der Waals surface area contributed by atoms with Crippen LogP contribution in [0.2, 0.25) is 0 Å². The third kappa shape index (κ3) is 4.59. The monoisotopic (exact) mass is 405 g/mol. The Kier molecular flexibility index (Phi) is 6.35. The van der Waals surface area contributed by atoms with Gasteiger partial charge in [-0.1, -0.05) is 36.4 Å². The molecule has 30 heavy (non-hydrogen) atoms. The minimum Gasteiger partial charge on any atom is -0.452 e. The van der Waals surface area contributed by atoms with E-state index in [1.54, 1.807) is 11.6 Å². The van der Waals surface area contributed by atoms with Crippen LogP contribution in [0.5, 0.6) is 0 Å². The van der Waals surface area contributed by atoms with Gasteiger partial charge in [-0.25, -0.2) is 9.48 Å². The van der Waals surface area contributed by atoms with E-state index in [9.17, 15) is 9.59 Å². The molecule has 0 saturated carbocycles. The van der Waals surface area contributed by atoms with Gasteiger partial charge >= 0.3 is 5.97 Å². The Morgan fingerprint density at radius 2 is 1.73 bits per heavy atom. The van der Waals surface area contributed by atoms with Gasteiger partial charge in [0.1, 0.15) is 5.56 Å². The van der Waals surface area contributed by atoms with Crippen LogP contribution in [0.4, 0.5) is 0 Å². The number of aromatic nitrogens is 2. The van der Waals surface area contributed by atoms with Gasteiger partial charge in [0.15, 0.2) is 6.61 Å². The Balaban J connectivity index is 1.63. The van der Waals surface area contributed by atoms with Gasteiger partial charge in [-0.3, -0.25) is 4.79 Å². The number of para-hydroxylation sites is 1. The predicted molar refractivity (Wildman–Crippen MR) is 116 cm³/mol. The van der Waals surface area contributed by atoms with Crippen LogP contribution in [0.25, 0.3) is 5.69 Å². The first-order chi connectivity index (χ1) is 14.3. The summed E-state index contributed by atoms with van der Waals surface area (Å²) < 4.78 is 6.98. The Morgan fingerprint density at radius 3 is 2.40 bits per heavy atom. The molecule has 156 valence electrons. The van der Waals surface area contributed by atoms with Gasteiger partial charge in [-0.15, -0.1) is 0 Å². The molecule has 3 aromatic rings. The van der Waals surface area contributed by atoms with Crippen molar-refractivity contribution in [2.24, 2.45) is 0 Å². The number of amides is 1. The highest BCUT2D eigenvalue weighted by molar-refractivity contribution is 5.93. The van der Waals surface area contributed by atoms with Crippen molar-refractivity contribution in [3.63, 3.8) is 0 Å². The standard InChI is InChI=1S/C24H27N3O3/c1-15-11-12-20(13-16(15)2)17(3)25-22(28)14-30-24(29)23-18(4)26-27(19(23)5)21-9-7-6-8-10-21/h6-13,17H,14H2,1-5H3,(H,25,28). The molecule has 0 aliphatic rings. The second-order valence-corrected chi connectivity index (χ2v) is 7.50. The van der Waals surface area contributed by atoms with E-state index in [-0.39, 0.29) is 18.6 Å². The van der Waals surface area contributed by atoms with Crippen LogP contribution >= 0.6 is 0 Å².